The van der Waals surface area contributed by atoms with Gasteiger partial charge in [0.25, 0.3) is 0 Å². The Bertz CT molecular complexity index is 877. The van der Waals surface area contributed by atoms with E-state index >= 15 is 0 Å². The summed E-state index contributed by atoms with van der Waals surface area (Å²) in [5.74, 6) is -2.86. The first-order valence-electron chi connectivity index (χ1n) is 7.41. The molecule has 0 fully saturated rings. The molecular weight excluding hydrogens is 382 g/mol. The zero-order chi connectivity index (χ0) is 21.2. The van der Waals surface area contributed by atoms with Crippen molar-refractivity contribution >= 4 is 22.3 Å². The van der Waals surface area contributed by atoms with Gasteiger partial charge in [0.15, 0.2) is 0 Å². The molecule has 1 atom stereocenters. The van der Waals surface area contributed by atoms with Crippen molar-refractivity contribution in [2.75, 3.05) is 6.54 Å². The molecular formula is C16H18F2N4O4S. The van der Waals surface area contributed by atoms with Crippen LogP contribution in [0.3, 0.4) is 0 Å². The highest BCUT2D eigenvalue weighted by Crippen LogP contribution is 2.29. The molecule has 0 saturated carbocycles. The third-order valence-corrected chi connectivity index (χ3v) is 4.95. The number of nitriles is 1. The Labute approximate surface area is 155 Å². The van der Waals surface area contributed by atoms with Crippen molar-refractivity contribution in [1.82, 2.24) is 0 Å². The van der Waals surface area contributed by atoms with Crippen LogP contribution >= 0.6 is 0 Å². The molecule has 8 nitrogen and oxygen atoms in total. The van der Waals surface area contributed by atoms with E-state index in [1.165, 1.54) is 19.1 Å². The summed E-state index contributed by atoms with van der Waals surface area (Å²) in [4.78, 5) is 15.7. The summed E-state index contributed by atoms with van der Waals surface area (Å²) >= 11 is 0. The first kappa shape index (κ1) is 24.0. The molecule has 0 aromatic heterocycles. The molecule has 0 aliphatic rings. The van der Waals surface area contributed by atoms with Gasteiger partial charge in [0.05, 0.1) is 11.0 Å². The normalized spacial score (nSPS) is 15.4. The van der Waals surface area contributed by atoms with E-state index in [4.69, 9.17) is 0 Å². The third kappa shape index (κ3) is 6.03. The third-order valence-electron chi connectivity index (χ3n) is 2.96. The Morgan fingerprint density at radius 1 is 1.44 bits per heavy atom. The van der Waals surface area contributed by atoms with Crippen molar-refractivity contribution < 1.29 is 22.1 Å². The van der Waals surface area contributed by atoms with Gasteiger partial charge in [-0.2, -0.15) is 5.26 Å². The summed E-state index contributed by atoms with van der Waals surface area (Å²) in [6, 6.07) is 1.33. The van der Waals surface area contributed by atoms with Gasteiger partial charge in [-0.3, -0.25) is 20.1 Å². The predicted octanol–water partition coefficient (Wildman–Crippen LogP) is 3.20. The van der Waals surface area contributed by atoms with Crippen LogP contribution in [0.25, 0.3) is 0 Å². The van der Waals surface area contributed by atoms with E-state index < -0.39 is 48.0 Å². The van der Waals surface area contributed by atoms with Gasteiger partial charge in [0.1, 0.15) is 28.5 Å². The number of rotatable bonds is 10. The van der Waals surface area contributed by atoms with E-state index in [0.29, 0.717) is 13.1 Å². The minimum atomic E-state index is -5.03. The topological polar surface area (TPSA) is 126 Å². The maximum absolute atomic E-state index is 14.3. The Kier molecular flexibility index (Phi) is 9.66. The first-order chi connectivity index (χ1) is 12.6. The lowest BCUT2D eigenvalue weighted by Gasteiger charge is -2.14. The van der Waals surface area contributed by atoms with Crippen molar-refractivity contribution in [3.8, 4) is 6.07 Å². The Hall–Kier alpha value is -3.00. The molecule has 0 bridgehead atoms. The van der Waals surface area contributed by atoms with Crippen LogP contribution in [0.4, 0.5) is 8.78 Å². The van der Waals surface area contributed by atoms with Crippen LogP contribution in [0.2, 0.25) is 0 Å². The fourth-order valence-corrected chi connectivity index (χ4v) is 3.54. The Morgan fingerprint density at radius 3 is 2.41 bits per heavy atom. The van der Waals surface area contributed by atoms with Crippen molar-refractivity contribution in [3.63, 3.8) is 0 Å². The largest absolute Gasteiger partial charge is 0.310 e. The average Bonchev–Trinajstić information content (AvgIpc) is 2.56. The molecule has 1 unspecified atom stereocenters. The van der Waals surface area contributed by atoms with Gasteiger partial charge in [-0.1, -0.05) is 6.08 Å². The molecule has 0 saturated heterocycles. The smallest absolute Gasteiger partial charge is 0.281 e. The summed E-state index contributed by atoms with van der Waals surface area (Å²) < 4.78 is 53.6. The van der Waals surface area contributed by atoms with E-state index in [1.54, 1.807) is 0 Å². The van der Waals surface area contributed by atoms with Crippen molar-refractivity contribution in [3.05, 3.63) is 57.3 Å². The molecule has 0 aromatic rings. The molecule has 27 heavy (non-hydrogen) atoms. The Balaban J connectivity index is 6.75. The van der Waals surface area contributed by atoms with E-state index in [0.717, 1.165) is 6.08 Å². The van der Waals surface area contributed by atoms with Crippen LogP contribution in [0, 0.1) is 21.4 Å². The number of sulfone groups is 1. The lowest BCUT2D eigenvalue weighted by molar-refractivity contribution is -0.415. The monoisotopic (exact) mass is 400 g/mol. The summed E-state index contributed by atoms with van der Waals surface area (Å²) in [5.41, 5.74) is -1.72. The maximum Gasteiger partial charge on any atom is 0.310 e. The summed E-state index contributed by atoms with van der Waals surface area (Å²) in [5, 5.41) is 18.2. The van der Waals surface area contributed by atoms with Gasteiger partial charge in [0, 0.05) is 6.54 Å². The molecule has 0 amide bonds. The van der Waals surface area contributed by atoms with Crippen molar-refractivity contribution in [2.45, 2.75) is 25.5 Å². The summed E-state index contributed by atoms with van der Waals surface area (Å²) in [6.45, 7) is 8.35. The number of nitro groups is 1. The second-order valence-electron chi connectivity index (χ2n) is 4.81. The molecule has 146 valence electrons. The molecule has 0 aliphatic heterocycles. The van der Waals surface area contributed by atoms with E-state index in [9.17, 15) is 32.6 Å². The quantitative estimate of drug-likeness (QED) is 0.183. The molecule has 11 heteroatoms. The highest BCUT2D eigenvalue weighted by atomic mass is 32.2. The molecule has 0 aromatic carbocycles. The highest BCUT2D eigenvalue weighted by Gasteiger charge is 2.42. The van der Waals surface area contributed by atoms with Crippen LogP contribution < -0.4 is 0 Å². The summed E-state index contributed by atoms with van der Waals surface area (Å²) in [7, 11) is -5.03. The lowest BCUT2D eigenvalue weighted by Crippen LogP contribution is -2.34. The number of aliphatic imine (C=N–C) groups is 2. The standard InChI is InChI=1S/C16H18F2N4O4S/c1-5-7-8-12(18)16(11(3)17)27(25,26)14(9-19)15(21-6-2)13(10-20-4)22(23)24/h5,8,10,14H,1,4,6-7H2,2-3H3/b12-8?,13-10+,16-11-,21-15?. The maximum atomic E-state index is 14.3. The molecule has 0 spiro atoms. The Morgan fingerprint density at radius 2 is 2.04 bits per heavy atom. The zero-order valence-corrected chi connectivity index (χ0v) is 15.5. The lowest BCUT2D eigenvalue weighted by atomic mass is 10.2. The molecule has 0 aliphatic carbocycles. The number of hydrogen-bond donors (Lipinski definition) is 0. The van der Waals surface area contributed by atoms with Gasteiger partial charge in [-0.05, 0) is 33.1 Å². The average molecular weight is 400 g/mol. The minimum absolute atomic E-state index is 0.105. The number of nitrogens with zero attached hydrogens (tertiary/aromatic N) is 4. The number of allylic oxidation sites excluding steroid dienone is 5. The highest BCUT2D eigenvalue weighted by molar-refractivity contribution is 7.97. The van der Waals surface area contributed by atoms with Gasteiger partial charge in [-0.25, -0.2) is 17.2 Å². The van der Waals surface area contributed by atoms with Gasteiger partial charge < -0.3 is 0 Å². The molecule has 0 radical (unpaired) electrons. The molecule has 0 heterocycles. The summed E-state index contributed by atoms with van der Waals surface area (Å²) in [6.07, 6.45) is 2.49. The SMILES string of the molecule is C=CCC=C(F)/C(=C(\C)F)S(=O)(=O)C(C#N)C(=NCC)/C(=C\N=C)[N+](=O)[O-]. The van der Waals surface area contributed by atoms with Gasteiger partial charge >= 0.3 is 5.70 Å². The number of hydrogen-bond acceptors (Lipinski definition) is 7. The zero-order valence-electron chi connectivity index (χ0n) is 14.7. The second-order valence-corrected chi connectivity index (χ2v) is 6.78. The van der Waals surface area contributed by atoms with Crippen LogP contribution in [-0.4, -0.2) is 37.6 Å². The fourth-order valence-electron chi connectivity index (χ4n) is 1.93. The van der Waals surface area contributed by atoms with Crippen molar-refractivity contribution in [1.29, 1.82) is 5.26 Å². The van der Waals surface area contributed by atoms with Crippen LogP contribution in [-0.2, 0) is 9.84 Å². The van der Waals surface area contributed by atoms with Gasteiger partial charge in [0.2, 0.25) is 15.1 Å². The van der Waals surface area contributed by atoms with E-state index in [-0.39, 0.29) is 13.0 Å². The van der Waals surface area contributed by atoms with Gasteiger partial charge in [-0.15, -0.1) is 6.58 Å². The molecule has 0 N–H and O–H groups in total. The van der Waals surface area contributed by atoms with Crippen LogP contribution in [0.1, 0.15) is 20.3 Å². The second kappa shape index (κ2) is 10.9. The van der Waals surface area contributed by atoms with Crippen LogP contribution in [0.5, 0.6) is 0 Å². The minimum Gasteiger partial charge on any atom is -0.281 e. The number of halogens is 2. The van der Waals surface area contributed by atoms with Crippen LogP contribution in [0.15, 0.2) is 57.2 Å². The first-order valence-corrected chi connectivity index (χ1v) is 8.96. The van der Waals surface area contributed by atoms with E-state index in [2.05, 4.69) is 23.3 Å². The predicted molar refractivity (Wildman–Crippen MR) is 98.7 cm³/mol. The fraction of sp³-hybridized carbons (Fsp3) is 0.312. The molecule has 0 rings (SSSR count). The van der Waals surface area contributed by atoms with E-state index in [1.807, 2.05) is 0 Å². The van der Waals surface area contributed by atoms with Crippen molar-refractivity contribution in [2.24, 2.45) is 9.98 Å².